The molecule has 0 aromatic carbocycles. The molecule has 2 aliphatic heterocycles. The molecule has 9 nitrogen and oxygen atoms in total. The summed E-state index contributed by atoms with van der Waals surface area (Å²) in [5, 5.41) is 21.4. The van der Waals surface area contributed by atoms with Gasteiger partial charge in [0.25, 0.3) is 0 Å². The zero-order valence-corrected chi connectivity index (χ0v) is 22.9. The minimum absolute atomic E-state index is 0.725. The largest absolute Gasteiger partial charge is 0.490 e. The minimum Gasteiger partial charge on any atom is -0.475 e. The Morgan fingerprint density at radius 1 is 0.767 bits per heavy atom. The van der Waals surface area contributed by atoms with Crippen LogP contribution in [0.2, 0.25) is 0 Å². The number of carboxylic acids is 3. The molecule has 2 aromatic rings. The van der Waals surface area contributed by atoms with Crippen molar-refractivity contribution < 1.29 is 69.2 Å². The lowest BCUT2D eigenvalue weighted by Gasteiger charge is -2.25. The minimum atomic E-state index is -5.08. The molecule has 0 amide bonds. The second-order valence-corrected chi connectivity index (χ2v) is 10.3. The number of fused-ring (bicyclic) bond motifs is 1. The Morgan fingerprint density at radius 2 is 1.19 bits per heavy atom. The summed E-state index contributed by atoms with van der Waals surface area (Å²) in [7, 11) is 0. The average molecular weight is 656 g/mol. The van der Waals surface area contributed by atoms with Crippen LogP contribution in [0.15, 0.2) is 36.5 Å². The first kappa shape index (κ1) is 37.6. The number of aromatic nitrogens is 1. The van der Waals surface area contributed by atoms with Crippen LogP contribution in [0.5, 0.6) is 0 Å². The number of likely N-dealkylation sites (tertiary alicyclic amines) is 2. The number of pyridine rings is 1. The fourth-order valence-electron chi connectivity index (χ4n) is 4.03. The Balaban J connectivity index is 0.000000363. The van der Waals surface area contributed by atoms with Gasteiger partial charge in [-0.05, 0) is 44.0 Å². The van der Waals surface area contributed by atoms with Gasteiger partial charge in [-0.3, -0.25) is 14.8 Å². The first-order valence-corrected chi connectivity index (χ1v) is 12.8. The number of aryl methyl sites for hydroxylation is 1. The molecule has 0 bridgehead atoms. The summed E-state index contributed by atoms with van der Waals surface area (Å²) in [5.41, 5.74) is 1.20. The fraction of sp³-hybridized carbons (Fsp3) is 0.500. The molecule has 0 spiro atoms. The van der Waals surface area contributed by atoms with Crippen LogP contribution in [0.1, 0.15) is 28.3 Å². The standard InChI is InChI=1S/C18H23N3S.3C2HF3O2/c1-14-5-6-16(22-14)13-21-11-8-17-18(21)7-10-20(17)12-15-4-2-3-9-19-15;3*3-2(4,5)1(6)7/h2-6,9,17-18H,7-8,10-13H2,1H3;3*(H,6,7)/t17-,18+;;;/m0.../s1. The van der Waals surface area contributed by atoms with Gasteiger partial charge in [-0.1, -0.05) is 6.07 Å². The lowest BCUT2D eigenvalue weighted by atomic mass is 10.1. The predicted molar refractivity (Wildman–Crippen MR) is 132 cm³/mol. The molecule has 242 valence electrons. The van der Waals surface area contributed by atoms with Crippen LogP contribution in [0.25, 0.3) is 0 Å². The maximum Gasteiger partial charge on any atom is 0.490 e. The van der Waals surface area contributed by atoms with Crippen molar-refractivity contribution in [2.45, 2.75) is 63.5 Å². The molecule has 2 fully saturated rings. The summed E-state index contributed by atoms with van der Waals surface area (Å²) in [6, 6.07) is 12.2. The van der Waals surface area contributed by atoms with Gasteiger partial charge in [0, 0.05) is 54.2 Å². The third-order valence-corrected chi connectivity index (χ3v) is 6.77. The van der Waals surface area contributed by atoms with Crippen LogP contribution in [0.3, 0.4) is 0 Å². The molecular formula is C24H26F9N3O6S. The number of carbonyl (C=O) groups is 3. The molecule has 2 aromatic heterocycles. The normalized spacial score (nSPS) is 18.7. The smallest absolute Gasteiger partial charge is 0.475 e. The van der Waals surface area contributed by atoms with Gasteiger partial charge >= 0.3 is 36.4 Å². The monoisotopic (exact) mass is 655 g/mol. The molecule has 2 saturated heterocycles. The second kappa shape index (κ2) is 15.9. The molecule has 0 unspecified atom stereocenters. The quantitative estimate of drug-likeness (QED) is 0.381. The van der Waals surface area contributed by atoms with Crippen molar-refractivity contribution in [3.05, 3.63) is 52.0 Å². The van der Waals surface area contributed by atoms with Gasteiger partial charge in [0.05, 0.1) is 5.69 Å². The molecular weight excluding hydrogens is 629 g/mol. The Kier molecular flexibility index (Phi) is 13.9. The topological polar surface area (TPSA) is 131 Å². The highest BCUT2D eigenvalue weighted by Gasteiger charge is 2.42. The lowest BCUT2D eigenvalue weighted by Crippen LogP contribution is -2.36. The number of alkyl halides is 9. The van der Waals surface area contributed by atoms with Crippen LogP contribution in [0, 0.1) is 6.92 Å². The molecule has 43 heavy (non-hydrogen) atoms. The predicted octanol–water partition coefficient (Wildman–Crippen LogP) is 5.20. The van der Waals surface area contributed by atoms with E-state index in [1.807, 2.05) is 23.6 Å². The maximum atomic E-state index is 10.6. The van der Waals surface area contributed by atoms with E-state index in [1.54, 1.807) is 0 Å². The summed E-state index contributed by atoms with van der Waals surface area (Å²) >= 11 is 1.95. The third-order valence-electron chi connectivity index (χ3n) is 5.78. The van der Waals surface area contributed by atoms with Crippen molar-refractivity contribution in [3.8, 4) is 0 Å². The van der Waals surface area contributed by atoms with Crippen molar-refractivity contribution in [2.24, 2.45) is 0 Å². The molecule has 0 radical (unpaired) electrons. The number of hydrogen-bond donors (Lipinski definition) is 3. The van der Waals surface area contributed by atoms with Crippen LogP contribution < -0.4 is 0 Å². The van der Waals surface area contributed by atoms with Gasteiger partial charge in [0.15, 0.2) is 0 Å². The number of thiophene rings is 1. The molecule has 19 heteroatoms. The number of carboxylic acid groups (broad SMARTS) is 3. The van der Waals surface area contributed by atoms with Gasteiger partial charge in [0.1, 0.15) is 0 Å². The van der Waals surface area contributed by atoms with Crippen molar-refractivity contribution >= 4 is 29.2 Å². The van der Waals surface area contributed by atoms with Crippen LogP contribution in [0.4, 0.5) is 39.5 Å². The Bertz CT molecular complexity index is 1130. The van der Waals surface area contributed by atoms with Crippen molar-refractivity contribution in [3.63, 3.8) is 0 Å². The molecule has 2 atom stereocenters. The van der Waals surface area contributed by atoms with E-state index in [4.69, 9.17) is 29.7 Å². The zero-order valence-electron chi connectivity index (χ0n) is 22.1. The molecule has 4 rings (SSSR count). The fourth-order valence-corrected chi connectivity index (χ4v) is 4.94. The molecule has 2 aliphatic rings. The first-order valence-electron chi connectivity index (χ1n) is 12.0. The number of aliphatic carboxylic acids is 3. The number of rotatable bonds is 4. The molecule has 3 N–H and O–H groups in total. The van der Waals surface area contributed by atoms with E-state index in [0.717, 1.165) is 25.2 Å². The van der Waals surface area contributed by atoms with Gasteiger partial charge in [-0.2, -0.15) is 39.5 Å². The van der Waals surface area contributed by atoms with Crippen molar-refractivity contribution in [1.29, 1.82) is 0 Å². The summed E-state index contributed by atoms with van der Waals surface area (Å²) in [5.74, 6) is -8.27. The van der Waals surface area contributed by atoms with E-state index >= 15 is 0 Å². The Hall–Kier alpha value is -3.45. The van der Waals surface area contributed by atoms with E-state index in [0.29, 0.717) is 0 Å². The van der Waals surface area contributed by atoms with E-state index in [9.17, 15) is 39.5 Å². The Labute approximate surface area is 242 Å². The van der Waals surface area contributed by atoms with Crippen LogP contribution in [-0.2, 0) is 27.5 Å². The van der Waals surface area contributed by atoms with Gasteiger partial charge in [-0.25, -0.2) is 14.4 Å². The van der Waals surface area contributed by atoms with Gasteiger partial charge in [0.2, 0.25) is 0 Å². The number of hydrogen-bond acceptors (Lipinski definition) is 7. The summed E-state index contributed by atoms with van der Waals surface area (Å²) < 4.78 is 95.2. The number of nitrogens with zero attached hydrogens (tertiary/aromatic N) is 3. The summed E-state index contributed by atoms with van der Waals surface area (Å²) in [6.45, 7) is 6.80. The molecule has 0 aliphatic carbocycles. The molecule has 0 saturated carbocycles. The maximum absolute atomic E-state index is 10.6. The highest BCUT2D eigenvalue weighted by Crippen LogP contribution is 2.34. The number of halogens is 9. The third kappa shape index (κ3) is 13.6. The highest BCUT2D eigenvalue weighted by atomic mass is 32.1. The van der Waals surface area contributed by atoms with Crippen molar-refractivity contribution in [1.82, 2.24) is 14.8 Å². The van der Waals surface area contributed by atoms with E-state index in [-0.39, 0.29) is 0 Å². The van der Waals surface area contributed by atoms with Crippen LogP contribution in [-0.4, -0.2) is 91.7 Å². The first-order chi connectivity index (χ1) is 19.6. The van der Waals surface area contributed by atoms with Crippen LogP contribution >= 0.6 is 11.3 Å². The Morgan fingerprint density at radius 3 is 1.51 bits per heavy atom. The second-order valence-electron chi connectivity index (χ2n) is 8.90. The van der Waals surface area contributed by atoms with E-state index in [1.165, 1.54) is 41.4 Å². The van der Waals surface area contributed by atoms with Gasteiger partial charge in [-0.15, -0.1) is 11.3 Å². The SMILES string of the molecule is Cc1ccc(CN2CC[C@H]3[C@H]2CCN3Cc2ccccn2)s1.O=C(O)C(F)(F)F.O=C(O)C(F)(F)F.O=C(O)C(F)(F)F. The lowest BCUT2D eigenvalue weighted by molar-refractivity contribution is -0.193. The van der Waals surface area contributed by atoms with Crippen molar-refractivity contribution in [2.75, 3.05) is 13.1 Å². The molecule has 4 heterocycles. The highest BCUT2D eigenvalue weighted by molar-refractivity contribution is 7.11. The summed E-state index contributed by atoms with van der Waals surface area (Å²) in [6.07, 6.45) is -10.7. The van der Waals surface area contributed by atoms with E-state index < -0.39 is 36.4 Å². The summed E-state index contributed by atoms with van der Waals surface area (Å²) in [4.78, 5) is 39.5. The zero-order chi connectivity index (χ0) is 33.2. The average Bonchev–Trinajstić information content (AvgIpc) is 3.58. The van der Waals surface area contributed by atoms with Gasteiger partial charge < -0.3 is 15.3 Å². The van der Waals surface area contributed by atoms with E-state index in [2.05, 4.69) is 46.0 Å².